The van der Waals surface area contributed by atoms with Gasteiger partial charge in [-0.3, -0.25) is 0 Å². The number of benzene rings is 1. The molecule has 1 aromatic rings. The van der Waals surface area contributed by atoms with Crippen molar-refractivity contribution in [3.63, 3.8) is 0 Å². The first-order valence-corrected chi connectivity index (χ1v) is 4.18. The van der Waals surface area contributed by atoms with E-state index in [2.05, 4.69) is 15.9 Å². The summed E-state index contributed by atoms with van der Waals surface area (Å²) in [7, 11) is 0. The Morgan fingerprint density at radius 1 is 1.54 bits per heavy atom. The van der Waals surface area contributed by atoms with Gasteiger partial charge in [-0.1, -0.05) is 11.6 Å². The standard InChI is InChI=1S/C7H2BrClF2O2/c8-2-1-3(10)5(9)6(11)4(2)7(12)13/h1H,(H,12,13). The van der Waals surface area contributed by atoms with Crippen molar-refractivity contribution in [3.8, 4) is 0 Å². The molecule has 0 radical (unpaired) electrons. The van der Waals surface area contributed by atoms with Crippen molar-refractivity contribution in [1.29, 1.82) is 0 Å². The number of aromatic carboxylic acids is 1. The molecule has 0 atom stereocenters. The average Bonchev–Trinajstić information content (AvgIpc) is 1.99. The predicted molar refractivity (Wildman–Crippen MR) is 46.0 cm³/mol. The summed E-state index contributed by atoms with van der Waals surface area (Å²) in [5.41, 5.74) is -0.675. The first-order valence-electron chi connectivity index (χ1n) is 3.01. The summed E-state index contributed by atoms with van der Waals surface area (Å²) in [6.07, 6.45) is 0. The number of rotatable bonds is 1. The predicted octanol–water partition coefficient (Wildman–Crippen LogP) is 3.08. The summed E-state index contributed by atoms with van der Waals surface area (Å²) >= 11 is 7.88. The fourth-order valence-corrected chi connectivity index (χ4v) is 1.46. The molecule has 1 N–H and O–H groups in total. The molecule has 70 valence electrons. The molecule has 6 heteroatoms. The van der Waals surface area contributed by atoms with E-state index in [1.807, 2.05) is 0 Å². The molecule has 1 aromatic carbocycles. The maximum Gasteiger partial charge on any atom is 0.339 e. The maximum absolute atomic E-state index is 13.0. The minimum absolute atomic E-state index is 0.181. The van der Waals surface area contributed by atoms with E-state index in [1.165, 1.54) is 0 Å². The van der Waals surface area contributed by atoms with Gasteiger partial charge in [0.25, 0.3) is 0 Å². The van der Waals surface area contributed by atoms with E-state index < -0.39 is 28.2 Å². The fourth-order valence-electron chi connectivity index (χ4n) is 0.762. The minimum atomic E-state index is -1.51. The summed E-state index contributed by atoms with van der Waals surface area (Å²) < 4.78 is 25.5. The largest absolute Gasteiger partial charge is 0.478 e. The second kappa shape index (κ2) is 3.59. The zero-order chi connectivity index (χ0) is 10.2. The average molecular weight is 271 g/mol. The lowest BCUT2D eigenvalue weighted by molar-refractivity contribution is 0.0690. The summed E-state index contributed by atoms with van der Waals surface area (Å²) in [5.74, 6) is -3.79. The van der Waals surface area contributed by atoms with Crippen LogP contribution in [-0.4, -0.2) is 11.1 Å². The quantitative estimate of drug-likeness (QED) is 0.629. The number of carboxylic acids is 1. The van der Waals surface area contributed by atoms with Crippen LogP contribution in [0.15, 0.2) is 10.5 Å². The molecule has 0 unspecified atom stereocenters. The Kier molecular flexibility index (Phi) is 2.87. The van der Waals surface area contributed by atoms with Crippen molar-refractivity contribution in [1.82, 2.24) is 0 Å². The Morgan fingerprint density at radius 2 is 2.08 bits per heavy atom. The number of hydrogen-bond donors (Lipinski definition) is 1. The maximum atomic E-state index is 13.0. The van der Waals surface area contributed by atoms with E-state index in [0.717, 1.165) is 6.07 Å². The molecule has 0 saturated heterocycles. The molecule has 0 saturated carbocycles. The summed E-state index contributed by atoms with van der Waals surface area (Å²) in [4.78, 5) is 10.5. The van der Waals surface area contributed by atoms with E-state index in [0.29, 0.717) is 0 Å². The van der Waals surface area contributed by atoms with E-state index in [-0.39, 0.29) is 4.47 Å². The third kappa shape index (κ3) is 1.81. The van der Waals surface area contributed by atoms with Gasteiger partial charge >= 0.3 is 5.97 Å². The van der Waals surface area contributed by atoms with Gasteiger partial charge in [0.05, 0.1) is 0 Å². The zero-order valence-electron chi connectivity index (χ0n) is 5.94. The molecular weight excluding hydrogens is 269 g/mol. The highest BCUT2D eigenvalue weighted by Gasteiger charge is 2.20. The topological polar surface area (TPSA) is 37.3 Å². The summed E-state index contributed by atoms with van der Waals surface area (Å²) in [6.45, 7) is 0. The number of halogens is 4. The number of carboxylic acid groups (broad SMARTS) is 1. The Morgan fingerprint density at radius 3 is 2.54 bits per heavy atom. The second-order valence-corrected chi connectivity index (χ2v) is 3.38. The molecule has 0 spiro atoms. The fraction of sp³-hybridized carbons (Fsp3) is 0. The van der Waals surface area contributed by atoms with Crippen LogP contribution in [0.3, 0.4) is 0 Å². The van der Waals surface area contributed by atoms with Crippen LogP contribution < -0.4 is 0 Å². The lowest BCUT2D eigenvalue weighted by Gasteiger charge is -2.03. The molecule has 2 nitrogen and oxygen atoms in total. The van der Waals surface area contributed by atoms with Crippen LogP contribution in [0.5, 0.6) is 0 Å². The molecule has 0 amide bonds. The van der Waals surface area contributed by atoms with Gasteiger partial charge in [0.15, 0.2) is 5.82 Å². The van der Waals surface area contributed by atoms with Crippen LogP contribution in [-0.2, 0) is 0 Å². The van der Waals surface area contributed by atoms with Gasteiger partial charge in [0.1, 0.15) is 16.4 Å². The minimum Gasteiger partial charge on any atom is -0.478 e. The highest BCUT2D eigenvalue weighted by atomic mass is 79.9. The van der Waals surface area contributed by atoms with Crippen molar-refractivity contribution >= 4 is 33.5 Å². The third-order valence-corrected chi connectivity index (χ3v) is 2.30. The van der Waals surface area contributed by atoms with Gasteiger partial charge in [0.2, 0.25) is 0 Å². The van der Waals surface area contributed by atoms with Crippen LogP contribution in [0, 0.1) is 11.6 Å². The molecular formula is C7H2BrClF2O2. The molecule has 0 aliphatic carbocycles. The van der Waals surface area contributed by atoms with E-state index in [4.69, 9.17) is 16.7 Å². The highest BCUT2D eigenvalue weighted by molar-refractivity contribution is 9.10. The SMILES string of the molecule is O=C(O)c1c(Br)cc(F)c(Cl)c1F. The Bertz CT molecular complexity index is 381. The number of carbonyl (C=O) groups is 1. The van der Waals surface area contributed by atoms with Crippen LogP contribution in [0.25, 0.3) is 0 Å². The normalized spacial score (nSPS) is 10.2. The molecule has 0 fully saturated rings. The third-order valence-electron chi connectivity index (χ3n) is 1.33. The second-order valence-electron chi connectivity index (χ2n) is 2.15. The summed E-state index contributed by atoms with van der Waals surface area (Å²) in [5, 5.41) is 7.69. The first kappa shape index (κ1) is 10.4. The van der Waals surface area contributed by atoms with Crippen LogP contribution in [0.1, 0.15) is 10.4 Å². The zero-order valence-corrected chi connectivity index (χ0v) is 8.29. The van der Waals surface area contributed by atoms with Crippen molar-refractivity contribution in [2.45, 2.75) is 0 Å². The van der Waals surface area contributed by atoms with Crippen molar-refractivity contribution in [3.05, 3.63) is 32.8 Å². The van der Waals surface area contributed by atoms with Crippen molar-refractivity contribution in [2.75, 3.05) is 0 Å². The molecule has 0 aliphatic rings. The smallest absolute Gasteiger partial charge is 0.339 e. The highest BCUT2D eigenvalue weighted by Crippen LogP contribution is 2.28. The van der Waals surface area contributed by atoms with Crippen molar-refractivity contribution < 1.29 is 18.7 Å². The lowest BCUT2D eigenvalue weighted by Crippen LogP contribution is -2.03. The lowest BCUT2D eigenvalue weighted by atomic mass is 10.2. The molecule has 0 aromatic heterocycles. The van der Waals surface area contributed by atoms with Gasteiger partial charge < -0.3 is 5.11 Å². The monoisotopic (exact) mass is 270 g/mol. The molecule has 0 heterocycles. The van der Waals surface area contributed by atoms with Crippen LogP contribution >= 0.6 is 27.5 Å². The Balaban J connectivity index is 3.53. The van der Waals surface area contributed by atoms with Gasteiger partial charge in [-0.05, 0) is 22.0 Å². The summed E-state index contributed by atoms with van der Waals surface area (Å²) in [6, 6.07) is 0.800. The molecule has 13 heavy (non-hydrogen) atoms. The van der Waals surface area contributed by atoms with Gasteiger partial charge in [0, 0.05) is 4.47 Å². The van der Waals surface area contributed by atoms with E-state index >= 15 is 0 Å². The molecule has 1 rings (SSSR count). The van der Waals surface area contributed by atoms with E-state index in [9.17, 15) is 13.6 Å². The molecule has 0 bridgehead atoms. The van der Waals surface area contributed by atoms with Gasteiger partial charge in [-0.25, -0.2) is 13.6 Å². The number of hydrogen-bond acceptors (Lipinski definition) is 1. The Hall–Kier alpha value is -0.680. The Labute approximate surface area is 85.3 Å². The first-order chi connectivity index (χ1) is 5.95. The van der Waals surface area contributed by atoms with Crippen LogP contribution in [0.4, 0.5) is 8.78 Å². The van der Waals surface area contributed by atoms with Gasteiger partial charge in [-0.15, -0.1) is 0 Å². The van der Waals surface area contributed by atoms with Crippen LogP contribution in [0.2, 0.25) is 5.02 Å². The molecule has 0 aliphatic heterocycles. The van der Waals surface area contributed by atoms with Gasteiger partial charge in [-0.2, -0.15) is 0 Å². The van der Waals surface area contributed by atoms with E-state index in [1.54, 1.807) is 0 Å². The van der Waals surface area contributed by atoms with Crippen molar-refractivity contribution in [2.24, 2.45) is 0 Å².